The maximum atomic E-state index is 6.05. The summed E-state index contributed by atoms with van der Waals surface area (Å²) in [4.78, 5) is 0. The van der Waals surface area contributed by atoms with Crippen LogP contribution in [0.25, 0.3) is 0 Å². The van der Waals surface area contributed by atoms with Crippen molar-refractivity contribution < 1.29 is 4.74 Å². The van der Waals surface area contributed by atoms with Crippen molar-refractivity contribution in [3.8, 4) is 5.75 Å². The predicted molar refractivity (Wildman–Crippen MR) is 64.8 cm³/mol. The van der Waals surface area contributed by atoms with E-state index in [1.807, 2.05) is 0 Å². The van der Waals surface area contributed by atoms with E-state index in [9.17, 15) is 0 Å². The van der Waals surface area contributed by atoms with Crippen LogP contribution in [0.1, 0.15) is 31.2 Å². The van der Waals surface area contributed by atoms with Gasteiger partial charge in [-0.1, -0.05) is 17.7 Å². The average Bonchev–Trinajstić information content (AvgIpc) is 2.62. The quantitative estimate of drug-likeness (QED) is 0.822. The molecule has 2 saturated heterocycles. The molecule has 16 heavy (non-hydrogen) atoms. The fourth-order valence-corrected chi connectivity index (χ4v) is 2.91. The van der Waals surface area contributed by atoms with Crippen LogP contribution < -0.4 is 10.1 Å². The molecule has 0 spiro atoms. The van der Waals surface area contributed by atoms with Crippen LogP contribution in [0.15, 0.2) is 24.3 Å². The average molecular weight is 217 g/mol. The third-order valence-corrected chi connectivity index (χ3v) is 3.75. The van der Waals surface area contributed by atoms with Gasteiger partial charge in [-0.25, -0.2) is 0 Å². The number of fused-ring (bicyclic) bond motifs is 2. The number of hydrogen-bond acceptors (Lipinski definition) is 2. The highest BCUT2D eigenvalue weighted by Gasteiger charge is 2.34. The summed E-state index contributed by atoms with van der Waals surface area (Å²) in [6.45, 7) is 2.11. The molecule has 1 unspecified atom stereocenters. The van der Waals surface area contributed by atoms with Gasteiger partial charge in [0.1, 0.15) is 11.9 Å². The van der Waals surface area contributed by atoms with Gasteiger partial charge >= 0.3 is 0 Å². The van der Waals surface area contributed by atoms with Gasteiger partial charge in [0.05, 0.1) is 0 Å². The molecule has 0 aromatic heterocycles. The van der Waals surface area contributed by atoms with Gasteiger partial charge in [0.15, 0.2) is 0 Å². The molecule has 3 atom stereocenters. The molecule has 2 heterocycles. The minimum atomic E-state index is 0.418. The van der Waals surface area contributed by atoms with Crippen molar-refractivity contribution in [1.29, 1.82) is 0 Å². The van der Waals surface area contributed by atoms with Crippen molar-refractivity contribution in [2.45, 2.75) is 50.8 Å². The topological polar surface area (TPSA) is 21.3 Å². The van der Waals surface area contributed by atoms with Crippen LogP contribution in [-0.4, -0.2) is 18.2 Å². The number of aryl methyl sites for hydroxylation is 1. The minimum absolute atomic E-state index is 0.418. The lowest BCUT2D eigenvalue weighted by Gasteiger charge is -2.29. The van der Waals surface area contributed by atoms with Gasteiger partial charge in [-0.3, -0.25) is 0 Å². The lowest BCUT2D eigenvalue weighted by atomic mass is 10.0. The summed E-state index contributed by atoms with van der Waals surface area (Å²) in [5, 5.41) is 3.64. The summed E-state index contributed by atoms with van der Waals surface area (Å²) in [6, 6.07) is 9.80. The number of benzene rings is 1. The van der Waals surface area contributed by atoms with Crippen LogP contribution in [0.3, 0.4) is 0 Å². The molecule has 86 valence electrons. The molecule has 2 aliphatic rings. The van der Waals surface area contributed by atoms with E-state index in [1.54, 1.807) is 0 Å². The summed E-state index contributed by atoms with van der Waals surface area (Å²) < 4.78 is 6.05. The third kappa shape index (κ3) is 2.07. The molecule has 0 aliphatic carbocycles. The Morgan fingerprint density at radius 3 is 2.31 bits per heavy atom. The molecule has 0 radical (unpaired) electrons. The van der Waals surface area contributed by atoms with E-state index >= 15 is 0 Å². The summed E-state index contributed by atoms with van der Waals surface area (Å²) >= 11 is 0. The highest BCUT2D eigenvalue weighted by Crippen LogP contribution is 2.29. The fourth-order valence-electron chi connectivity index (χ4n) is 2.91. The zero-order valence-electron chi connectivity index (χ0n) is 9.78. The lowest BCUT2D eigenvalue weighted by molar-refractivity contribution is 0.137. The van der Waals surface area contributed by atoms with Crippen LogP contribution in [0, 0.1) is 6.92 Å². The Kier molecular flexibility index (Phi) is 2.60. The van der Waals surface area contributed by atoms with E-state index in [-0.39, 0.29) is 0 Å². The van der Waals surface area contributed by atoms with Gasteiger partial charge in [0.25, 0.3) is 0 Å². The third-order valence-electron chi connectivity index (χ3n) is 3.75. The summed E-state index contributed by atoms with van der Waals surface area (Å²) in [6.07, 6.45) is 5.42. The van der Waals surface area contributed by atoms with Crippen molar-refractivity contribution in [3.05, 3.63) is 29.8 Å². The van der Waals surface area contributed by atoms with E-state index in [0.29, 0.717) is 18.2 Å². The van der Waals surface area contributed by atoms with Crippen molar-refractivity contribution in [2.24, 2.45) is 0 Å². The Hall–Kier alpha value is -1.02. The standard InChI is InChI=1S/C14H19NO/c1-10-2-6-13(7-3-10)16-14-8-11-4-5-12(9-14)15-11/h2-3,6-7,11-12,14-15H,4-5,8-9H2,1H3/t11-,12+,14?. The van der Waals surface area contributed by atoms with Crippen molar-refractivity contribution >= 4 is 0 Å². The Bertz CT molecular complexity index is 348. The molecule has 2 aliphatic heterocycles. The van der Waals surface area contributed by atoms with Crippen LogP contribution >= 0.6 is 0 Å². The summed E-state index contributed by atoms with van der Waals surface area (Å²) in [7, 11) is 0. The number of hydrogen-bond donors (Lipinski definition) is 1. The second kappa shape index (κ2) is 4.10. The Morgan fingerprint density at radius 1 is 1.06 bits per heavy atom. The zero-order chi connectivity index (χ0) is 11.0. The molecular formula is C14H19NO. The Balaban J connectivity index is 1.64. The first-order valence-corrected chi connectivity index (χ1v) is 6.29. The lowest BCUT2D eigenvalue weighted by Crippen LogP contribution is -2.42. The monoisotopic (exact) mass is 217 g/mol. The Labute approximate surface area is 97.0 Å². The number of piperidine rings is 1. The van der Waals surface area contributed by atoms with E-state index in [2.05, 4.69) is 36.5 Å². The highest BCUT2D eigenvalue weighted by molar-refractivity contribution is 5.26. The van der Waals surface area contributed by atoms with Crippen molar-refractivity contribution in [3.63, 3.8) is 0 Å². The SMILES string of the molecule is Cc1ccc(OC2C[C@H]3CC[C@@H](C2)N3)cc1. The second-order valence-electron chi connectivity index (χ2n) is 5.16. The van der Waals surface area contributed by atoms with Crippen molar-refractivity contribution in [2.75, 3.05) is 0 Å². The molecule has 0 saturated carbocycles. The van der Waals surface area contributed by atoms with Gasteiger partial charge < -0.3 is 10.1 Å². The molecule has 2 heteroatoms. The van der Waals surface area contributed by atoms with Gasteiger partial charge in [-0.15, -0.1) is 0 Å². The van der Waals surface area contributed by atoms with Gasteiger partial charge in [0.2, 0.25) is 0 Å². The molecular weight excluding hydrogens is 198 g/mol. The first-order valence-electron chi connectivity index (χ1n) is 6.29. The normalized spacial score (nSPS) is 32.7. The molecule has 3 rings (SSSR count). The van der Waals surface area contributed by atoms with E-state index in [0.717, 1.165) is 5.75 Å². The van der Waals surface area contributed by atoms with Gasteiger partial charge in [-0.05, 0) is 44.7 Å². The number of nitrogens with one attached hydrogen (secondary N) is 1. The maximum absolute atomic E-state index is 6.05. The van der Waals surface area contributed by atoms with Gasteiger partial charge in [-0.2, -0.15) is 0 Å². The molecule has 2 nitrogen and oxygen atoms in total. The highest BCUT2D eigenvalue weighted by atomic mass is 16.5. The first kappa shape index (κ1) is 10.2. The van der Waals surface area contributed by atoms with Crippen LogP contribution in [0.2, 0.25) is 0 Å². The largest absolute Gasteiger partial charge is 0.490 e. The van der Waals surface area contributed by atoms with E-state index in [4.69, 9.17) is 4.74 Å². The molecule has 2 bridgehead atoms. The second-order valence-corrected chi connectivity index (χ2v) is 5.16. The molecule has 1 aromatic rings. The fraction of sp³-hybridized carbons (Fsp3) is 0.571. The zero-order valence-corrected chi connectivity index (χ0v) is 9.78. The smallest absolute Gasteiger partial charge is 0.119 e. The van der Waals surface area contributed by atoms with Crippen LogP contribution in [0.4, 0.5) is 0 Å². The molecule has 1 N–H and O–H groups in total. The Morgan fingerprint density at radius 2 is 1.69 bits per heavy atom. The molecule has 2 fully saturated rings. The van der Waals surface area contributed by atoms with Crippen LogP contribution in [0.5, 0.6) is 5.75 Å². The minimum Gasteiger partial charge on any atom is -0.490 e. The first-order chi connectivity index (χ1) is 7.79. The molecule has 0 amide bonds. The van der Waals surface area contributed by atoms with Gasteiger partial charge in [0, 0.05) is 12.1 Å². The number of ether oxygens (including phenoxy) is 1. The maximum Gasteiger partial charge on any atom is 0.119 e. The van der Waals surface area contributed by atoms with E-state index in [1.165, 1.54) is 31.2 Å². The number of rotatable bonds is 2. The van der Waals surface area contributed by atoms with Crippen LogP contribution in [-0.2, 0) is 0 Å². The summed E-state index contributed by atoms with van der Waals surface area (Å²) in [5.41, 5.74) is 1.29. The summed E-state index contributed by atoms with van der Waals surface area (Å²) in [5.74, 6) is 1.02. The molecule has 1 aromatic carbocycles. The van der Waals surface area contributed by atoms with Crippen molar-refractivity contribution in [1.82, 2.24) is 5.32 Å². The predicted octanol–water partition coefficient (Wildman–Crippen LogP) is 2.66. The van der Waals surface area contributed by atoms with E-state index < -0.39 is 0 Å².